The van der Waals surface area contributed by atoms with Gasteiger partial charge in [-0.25, -0.2) is 0 Å². The predicted octanol–water partition coefficient (Wildman–Crippen LogP) is 3.27. The lowest BCUT2D eigenvalue weighted by Crippen LogP contribution is -2.28. The Balaban J connectivity index is 2.20. The molecule has 0 spiro atoms. The van der Waals surface area contributed by atoms with Crippen LogP contribution in [0.15, 0.2) is 42.5 Å². The lowest BCUT2D eigenvalue weighted by Gasteiger charge is -2.17. The molecule has 2 aromatic rings. The van der Waals surface area contributed by atoms with E-state index in [0.29, 0.717) is 28.6 Å². The largest absolute Gasteiger partial charge is 0.497 e. The van der Waals surface area contributed by atoms with Crippen LogP contribution in [0.2, 0.25) is 5.02 Å². The van der Waals surface area contributed by atoms with Crippen LogP contribution in [0.4, 0.5) is 0 Å². The van der Waals surface area contributed by atoms with E-state index in [0.717, 1.165) is 5.56 Å². The van der Waals surface area contributed by atoms with Crippen LogP contribution in [0.25, 0.3) is 0 Å². The maximum absolute atomic E-state index is 11.6. The Hall–Kier alpha value is -2.24. The number of ether oxygens (including phenoxy) is 2. The van der Waals surface area contributed by atoms with Crippen molar-refractivity contribution < 1.29 is 19.4 Å². The lowest BCUT2D eigenvalue weighted by molar-refractivity contribution is -0.139. The SMILES string of the molecule is COc1ccc(CN[C@H](C(=O)O)c2ccccc2Cl)c(OC)c1. The number of hydrogen-bond donors (Lipinski definition) is 2. The Morgan fingerprint density at radius 3 is 2.57 bits per heavy atom. The highest BCUT2D eigenvalue weighted by Crippen LogP contribution is 2.27. The number of nitrogens with one attached hydrogen (secondary N) is 1. The predicted molar refractivity (Wildman–Crippen MR) is 88.2 cm³/mol. The van der Waals surface area contributed by atoms with Crippen LogP contribution in [0.5, 0.6) is 11.5 Å². The second kappa shape index (κ2) is 7.85. The third-order valence-corrected chi connectivity index (χ3v) is 3.80. The van der Waals surface area contributed by atoms with Crippen LogP contribution in [0.3, 0.4) is 0 Å². The molecule has 122 valence electrons. The Morgan fingerprint density at radius 1 is 1.22 bits per heavy atom. The number of methoxy groups -OCH3 is 2. The van der Waals surface area contributed by atoms with E-state index in [-0.39, 0.29) is 0 Å². The number of halogens is 1. The molecule has 0 aliphatic carbocycles. The summed E-state index contributed by atoms with van der Waals surface area (Å²) in [4.78, 5) is 11.6. The van der Waals surface area contributed by atoms with Crippen LogP contribution >= 0.6 is 11.6 Å². The molecule has 5 nitrogen and oxygen atoms in total. The summed E-state index contributed by atoms with van der Waals surface area (Å²) in [5, 5.41) is 12.9. The molecule has 0 aliphatic rings. The van der Waals surface area contributed by atoms with Gasteiger partial charge in [-0.05, 0) is 17.7 Å². The molecule has 23 heavy (non-hydrogen) atoms. The Kier molecular flexibility index (Phi) is 5.84. The van der Waals surface area contributed by atoms with Gasteiger partial charge in [0.25, 0.3) is 0 Å². The molecule has 0 amide bonds. The van der Waals surface area contributed by atoms with Gasteiger partial charge in [-0.2, -0.15) is 0 Å². The summed E-state index contributed by atoms with van der Waals surface area (Å²) in [7, 11) is 3.13. The standard InChI is InChI=1S/C17H18ClNO4/c1-22-12-8-7-11(15(9-12)23-2)10-19-16(17(20)21)13-5-3-4-6-14(13)18/h3-9,16,19H,10H2,1-2H3,(H,20,21)/t16-/m0/s1. The third kappa shape index (κ3) is 4.15. The molecular formula is C17H18ClNO4. The highest BCUT2D eigenvalue weighted by molar-refractivity contribution is 6.31. The fourth-order valence-corrected chi connectivity index (χ4v) is 2.49. The van der Waals surface area contributed by atoms with Crippen LogP contribution in [0, 0.1) is 0 Å². The van der Waals surface area contributed by atoms with Gasteiger partial charge in [0, 0.05) is 23.2 Å². The summed E-state index contributed by atoms with van der Waals surface area (Å²) in [5.74, 6) is 0.303. The van der Waals surface area contributed by atoms with E-state index in [1.54, 1.807) is 50.6 Å². The molecule has 0 aliphatic heterocycles. The van der Waals surface area contributed by atoms with Gasteiger partial charge < -0.3 is 14.6 Å². The first kappa shape index (κ1) is 17.1. The quantitative estimate of drug-likeness (QED) is 0.812. The molecule has 2 rings (SSSR count). The minimum Gasteiger partial charge on any atom is -0.497 e. The number of carboxylic acid groups (broad SMARTS) is 1. The van der Waals surface area contributed by atoms with Crippen molar-refractivity contribution in [1.82, 2.24) is 5.32 Å². The molecule has 0 fully saturated rings. The molecule has 0 unspecified atom stereocenters. The lowest BCUT2D eigenvalue weighted by atomic mass is 10.1. The van der Waals surface area contributed by atoms with Crippen molar-refractivity contribution >= 4 is 17.6 Å². The van der Waals surface area contributed by atoms with Gasteiger partial charge in [0.1, 0.15) is 17.5 Å². The van der Waals surface area contributed by atoms with E-state index in [9.17, 15) is 9.90 Å². The molecule has 0 saturated carbocycles. The van der Waals surface area contributed by atoms with Crippen molar-refractivity contribution in [1.29, 1.82) is 0 Å². The Bertz CT molecular complexity index is 690. The summed E-state index contributed by atoms with van der Waals surface area (Å²) in [6, 6.07) is 11.4. The van der Waals surface area contributed by atoms with Crippen molar-refractivity contribution in [3.05, 3.63) is 58.6 Å². The fourth-order valence-electron chi connectivity index (χ4n) is 2.25. The van der Waals surface area contributed by atoms with E-state index in [4.69, 9.17) is 21.1 Å². The third-order valence-electron chi connectivity index (χ3n) is 3.45. The Labute approximate surface area is 139 Å². The summed E-state index contributed by atoms with van der Waals surface area (Å²) < 4.78 is 10.5. The van der Waals surface area contributed by atoms with Gasteiger partial charge in [0.15, 0.2) is 0 Å². The first-order chi connectivity index (χ1) is 11.1. The molecule has 0 saturated heterocycles. The van der Waals surface area contributed by atoms with Crippen LogP contribution in [-0.4, -0.2) is 25.3 Å². The normalized spacial score (nSPS) is 11.8. The van der Waals surface area contributed by atoms with E-state index in [1.807, 2.05) is 6.07 Å². The highest BCUT2D eigenvalue weighted by atomic mass is 35.5. The van der Waals surface area contributed by atoms with Crippen molar-refractivity contribution in [2.75, 3.05) is 14.2 Å². The zero-order valence-electron chi connectivity index (χ0n) is 12.9. The topological polar surface area (TPSA) is 67.8 Å². The van der Waals surface area contributed by atoms with Crippen molar-refractivity contribution in [2.24, 2.45) is 0 Å². The second-order valence-corrected chi connectivity index (χ2v) is 5.26. The summed E-state index contributed by atoms with van der Waals surface area (Å²) >= 11 is 6.10. The van der Waals surface area contributed by atoms with Crippen LogP contribution in [-0.2, 0) is 11.3 Å². The number of benzene rings is 2. The number of rotatable bonds is 7. The maximum atomic E-state index is 11.6. The average Bonchev–Trinajstić information content (AvgIpc) is 2.56. The molecular weight excluding hydrogens is 318 g/mol. The minimum atomic E-state index is -0.995. The molecule has 1 atom stereocenters. The zero-order valence-corrected chi connectivity index (χ0v) is 13.6. The number of aliphatic carboxylic acids is 1. The van der Waals surface area contributed by atoms with Gasteiger partial charge in [-0.3, -0.25) is 10.1 Å². The molecule has 2 N–H and O–H groups in total. The van der Waals surface area contributed by atoms with Crippen LogP contribution in [0.1, 0.15) is 17.2 Å². The van der Waals surface area contributed by atoms with E-state index in [1.165, 1.54) is 0 Å². The second-order valence-electron chi connectivity index (χ2n) is 4.85. The van der Waals surface area contributed by atoms with Gasteiger partial charge >= 0.3 is 5.97 Å². The van der Waals surface area contributed by atoms with Gasteiger partial charge in [0.05, 0.1) is 14.2 Å². The molecule has 0 bridgehead atoms. The molecule has 0 radical (unpaired) electrons. The minimum absolute atomic E-state index is 0.315. The molecule has 6 heteroatoms. The van der Waals surface area contributed by atoms with Crippen molar-refractivity contribution in [3.63, 3.8) is 0 Å². The highest BCUT2D eigenvalue weighted by Gasteiger charge is 2.22. The maximum Gasteiger partial charge on any atom is 0.325 e. The molecule has 0 aromatic heterocycles. The summed E-state index contributed by atoms with van der Waals surface area (Å²) in [6.45, 7) is 0.315. The fraction of sp³-hybridized carbons (Fsp3) is 0.235. The number of carboxylic acids is 1. The van der Waals surface area contributed by atoms with Gasteiger partial charge in [0.2, 0.25) is 0 Å². The molecule has 0 heterocycles. The first-order valence-electron chi connectivity index (χ1n) is 6.98. The number of hydrogen-bond acceptors (Lipinski definition) is 4. The molecule has 2 aromatic carbocycles. The monoisotopic (exact) mass is 335 g/mol. The van der Waals surface area contributed by atoms with Crippen molar-refractivity contribution in [2.45, 2.75) is 12.6 Å². The van der Waals surface area contributed by atoms with Crippen molar-refractivity contribution in [3.8, 4) is 11.5 Å². The van der Waals surface area contributed by atoms with E-state index >= 15 is 0 Å². The zero-order chi connectivity index (χ0) is 16.8. The smallest absolute Gasteiger partial charge is 0.325 e. The van der Waals surface area contributed by atoms with Gasteiger partial charge in [-0.1, -0.05) is 35.9 Å². The Morgan fingerprint density at radius 2 is 1.96 bits per heavy atom. The van der Waals surface area contributed by atoms with Crippen LogP contribution < -0.4 is 14.8 Å². The summed E-state index contributed by atoms with van der Waals surface area (Å²) in [6.07, 6.45) is 0. The summed E-state index contributed by atoms with van der Waals surface area (Å²) in [5.41, 5.74) is 1.35. The van der Waals surface area contributed by atoms with E-state index in [2.05, 4.69) is 5.32 Å². The van der Waals surface area contributed by atoms with E-state index < -0.39 is 12.0 Å². The van der Waals surface area contributed by atoms with Gasteiger partial charge in [-0.15, -0.1) is 0 Å². The average molecular weight is 336 g/mol. The first-order valence-corrected chi connectivity index (χ1v) is 7.36. The number of carbonyl (C=O) groups is 1.